The lowest BCUT2D eigenvalue weighted by Crippen LogP contribution is -2.39. The molecule has 10 heterocycles. The van der Waals surface area contributed by atoms with Crippen LogP contribution < -0.4 is 10.1 Å². The van der Waals surface area contributed by atoms with Crippen molar-refractivity contribution < 1.29 is 47.7 Å². The van der Waals surface area contributed by atoms with Crippen molar-refractivity contribution in [3.8, 4) is 39.8 Å². The highest BCUT2D eigenvalue weighted by Gasteiger charge is 2.44. The van der Waals surface area contributed by atoms with Gasteiger partial charge in [-0.05, 0) is 85.0 Å². The normalized spacial score (nSPS) is 14.0. The Morgan fingerprint density at radius 1 is 0.537 bits per heavy atom. The maximum absolute atomic E-state index is 11.8. The molecule has 2 atom stereocenters. The van der Waals surface area contributed by atoms with E-state index in [0.717, 1.165) is 93.0 Å². The minimum atomic E-state index is -0.847. The zero-order chi connectivity index (χ0) is 79.6. The molecule has 3 aliphatic heterocycles. The number of para-hydroxylation sites is 1. The predicted octanol–water partition coefficient (Wildman–Crippen LogP) is 9.97. The van der Waals surface area contributed by atoms with Gasteiger partial charge in [-0.25, -0.2) is 34.3 Å². The van der Waals surface area contributed by atoms with Crippen LogP contribution in [-0.2, 0) is 73.1 Å². The number of hydrogen-bond donors (Lipinski definition) is 1. The molecule has 29 nitrogen and oxygen atoms in total. The number of ether oxygens (including phenoxy) is 4. The average Bonchev–Trinajstić information content (AvgIpc) is 1.66. The number of aromatic nitrogens is 13. The van der Waals surface area contributed by atoms with E-state index in [1.54, 1.807) is 79.3 Å². The van der Waals surface area contributed by atoms with E-state index < -0.39 is 12.5 Å². The number of aryl methyl sites for hydroxylation is 12. The molecule has 14 rings (SSSR count). The lowest BCUT2D eigenvalue weighted by Gasteiger charge is -2.21. The Bertz CT molecular complexity index is 4350. The fourth-order valence-electron chi connectivity index (χ4n) is 10.2. The highest BCUT2D eigenvalue weighted by Crippen LogP contribution is 2.22. The van der Waals surface area contributed by atoms with Crippen LogP contribution in [0.3, 0.4) is 0 Å². The summed E-state index contributed by atoms with van der Waals surface area (Å²) in [5.74, 6) is 3.01. The maximum atomic E-state index is 11.8. The minimum absolute atomic E-state index is 0.160. The van der Waals surface area contributed by atoms with Crippen LogP contribution in [0.15, 0.2) is 195 Å². The Morgan fingerprint density at radius 3 is 1.36 bits per heavy atom. The summed E-state index contributed by atoms with van der Waals surface area (Å²) < 4.78 is 33.1. The second kappa shape index (κ2) is 44.0. The van der Waals surface area contributed by atoms with Crippen LogP contribution in [0.4, 0.5) is 9.59 Å². The molecule has 0 radical (unpaired) electrons. The number of methoxy groups -OCH3 is 2. The van der Waals surface area contributed by atoms with Crippen LogP contribution in [-0.4, -0.2) is 217 Å². The Hall–Kier alpha value is -12.1. The Balaban J connectivity index is 0.000000217. The van der Waals surface area contributed by atoms with E-state index in [9.17, 15) is 28.8 Å². The van der Waals surface area contributed by atoms with E-state index in [1.807, 2.05) is 203 Å². The topological polar surface area (TPSA) is 279 Å². The molecule has 1 N–H and O–H groups in total. The molecule has 0 bridgehead atoms. The van der Waals surface area contributed by atoms with Gasteiger partial charge in [0.1, 0.15) is 28.9 Å². The molecule has 576 valence electrons. The molecule has 3 saturated heterocycles. The number of carbonyl (C=O) groups is 6. The van der Waals surface area contributed by atoms with Crippen LogP contribution in [0.2, 0.25) is 0 Å². The van der Waals surface area contributed by atoms with Crippen molar-refractivity contribution in [2.24, 2.45) is 49.3 Å². The number of morpholine rings is 1. The van der Waals surface area contributed by atoms with Gasteiger partial charge < -0.3 is 52.0 Å². The van der Waals surface area contributed by atoms with E-state index in [0.29, 0.717) is 23.8 Å². The van der Waals surface area contributed by atoms with Crippen molar-refractivity contribution >= 4 is 35.8 Å². The lowest BCUT2D eigenvalue weighted by atomic mass is 10.2. The third-order valence-electron chi connectivity index (χ3n) is 16.4. The molecule has 7 amide bonds. The van der Waals surface area contributed by atoms with Crippen LogP contribution in [0.25, 0.3) is 34.0 Å². The Kier molecular flexibility index (Phi) is 35.3. The first-order valence-corrected chi connectivity index (χ1v) is 34.6. The number of nitrogens with one attached hydrogen (secondary N) is 1. The second-order valence-corrected chi connectivity index (χ2v) is 24.7. The molecule has 0 saturated carbocycles. The van der Waals surface area contributed by atoms with Gasteiger partial charge in [0.05, 0.1) is 43.1 Å². The molecule has 108 heavy (non-hydrogen) atoms. The number of benzene rings is 4. The van der Waals surface area contributed by atoms with Gasteiger partial charge in [-0.2, -0.15) is 10.2 Å². The molecule has 0 spiro atoms. The van der Waals surface area contributed by atoms with E-state index in [4.69, 9.17) is 14.2 Å². The maximum Gasteiger partial charge on any atom is 0.354 e. The van der Waals surface area contributed by atoms with Crippen LogP contribution in [0, 0.1) is 34.6 Å². The quantitative estimate of drug-likeness (QED) is 0.104. The predicted molar refractivity (Wildman–Crippen MR) is 416 cm³/mol. The summed E-state index contributed by atoms with van der Waals surface area (Å²) in [6, 6.07) is 46.5. The highest BCUT2D eigenvalue weighted by molar-refractivity contribution is 6.03. The average molecular weight is 1480 g/mol. The van der Waals surface area contributed by atoms with E-state index in [2.05, 4.69) is 94.6 Å². The summed E-state index contributed by atoms with van der Waals surface area (Å²) in [6.07, 6.45) is 13.2. The van der Waals surface area contributed by atoms with Crippen molar-refractivity contribution in [3.05, 3.63) is 235 Å². The summed E-state index contributed by atoms with van der Waals surface area (Å²) in [5, 5.41) is 10.9. The number of urea groups is 2. The third kappa shape index (κ3) is 26.5. The monoisotopic (exact) mass is 1480 g/mol. The number of carbonyl (C=O) groups excluding carboxylic acids is 6. The van der Waals surface area contributed by atoms with Gasteiger partial charge in [-0.1, -0.05) is 109 Å². The SMILES string of the molecule is CCN1C(=O)N(C)C(=O)C1Oc1ccccc1.CN1CCOCC1.CNC(=O)c1nccn1C.COC(=O)c1cccn1C.COC1C(=O)N(C)C(=O)N1C.Cc1cc(C)n(C)n1.Cc1cn(C)c(-c2ccccc2)n1.Cc1cn(C)c(-c2ccccc2)n1.Cc1nccn1C.Cn1ccc(-c2ccccc2)n1. The zero-order valence-corrected chi connectivity index (χ0v) is 65.8. The summed E-state index contributed by atoms with van der Waals surface area (Å²) in [5.41, 5.74) is 9.50. The van der Waals surface area contributed by atoms with Crippen molar-refractivity contribution in [3.63, 3.8) is 0 Å². The number of imide groups is 2. The molecule has 2 unspecified atom stereocenters. The van der Waals surface area contributed by atoms with E-state index in [-0.39, 0.29) is 35.8 Å². The number of rotatable bonds is 9. The van der Waals surface area contributed by atoms with E-state index in [1.165, 1.54) is 50.9 Å². The number of hydrogen-bond acceptors (Lipinski definition) is 17. The smallest absolute Gasteiger partial charge is 0.354 e. The fraction of sp³-hybridized carbons (Fsp3) is 0.342. The molecular weight excluding hydrogens is 1370 g/mol. The summed E-state index contributed by atoms with van der Waals surface area (Å²) in [4.78, 5) is 91.1. The highest BCUT2D eigenvalue weighted by atomic mass is 16.5. The number of nitrogens with zero attached hydrogens (tertiary/aromatic N) is 18. The van der Waals surface area contributed by atoms with Gasteiger partial charge in [0, 0.05) is 176 Å². The van der Waals surface area contributed by atoms with Gasteiger partial charge in [-0.15, -0.1) is 0 Å². The van der Waals surface area contributed by atoms with Crippen LogP contribution in [0.1, 0.15) is 56.6 Å². The first kappa shape index (κ1) is 86.6. The summed E-state index contributed by atoms with van der Waals surface area (Å²) >= 11 is 0. The number of amides is 7. The molecular formula is C79H105N19O10. The van der Waals surface area contributed by atoms with Gasteiger partial charge in [0.2, 0.25) is 6.23 Å². The van der Waals surface area contributed by atoms with Gasteiger partial charge >= 0.3 is 18.0 Å². The number of esters is 1. The molecule has 3 fully saturated rings. The first-order chi connectivity index (χ1) is 51.5. The van der Waals surface area contributed by atoms with Crippen molar-refractivity contribution in [2.45, 2.75) is 54.0 Å². The summed E-state index contributed by atoms with van der Waals surface area (Å²) in [6.45, 7) is 16.3. The van der Waals surface area contributed by atoms with Gasteiger partial charge in [-0.3, -0.25) is 43.3 Å². The molecule has 29 heteroatoms. The zero-order valence-electron chi connectivity index (χ0n) is 65.8. The molecule has 0 aliphatic carbocycles. The van der Waals surface area contributed by atoms with Crippen LogP contribution in [0.5, 0.6) is 5.75 Å². The second-order valence-electron chi connectivity index (χ2n) is 24.7. The third-order valence-corrected chi connectivity index (χ3v) is 16.4. The molecule has 7 aromatic heterocycles. The molecule has 3 aliphatic rings. The Labute approximate surface area is 633 Å². The van der Waals surface area contributed by atoms with Gasteiger partial charge in [0.15, 0.2) is 5.82 Å². The largest absolute Gasteiger partial charge is 0.464 e. The first-order valence-electron chi connectivity index (χ1n) is 34.6. The standard InChI is InChI=1S/C12H14N2O3.2C11H12N2.C10H10N2.C7H9NO2.C6H9N3O.C6H10N2O3.C6H10N2.C5H8N2.C5H11NO/c1-3-14-11(10(15)13(2)12(14)16)17-9-7-5-4-6-8-9;2*1-9-8-13(2)11(12-9)10-6-4-3-5-7-10;1-12-8-7-10(11-12)9-5-3-2-4-6-9;1-8-5-3-4-6(8)7(9)10-2;1-7-6(10)5-8-3-4-9(5)2;1-7-4(9)5(11-3)8(2)6(7)10;1-5-4-6(2)8(3)7-5;1-5-6-3-4-7(5)2;1-6-2-4-7-5-3-6/h4-8,11H,3H2,1-2H3;2*3-8H,1-2H3;2-8H,1H3;3-5H,1-2H3;3-4H,1-2H3,(H,7,10);5H,1-3H3;4H,1-3H3;3-4H,1-2H3;2-5H2,1H3. The van der Waals surface area contributed by atoms with Gasteiger partial charge in [0.25, 0.3) is 23.9 Å². The fourth-order valence-corrected chi connectivity index (χ4v) is 10.2. The van der Waals surface area contributed by atoms with Crippen molar-refractivity contribution in [2.75, 3.05) is 82.3 Å². The van der Waals surface area contributed by atoms with E-state index >= 15 is 0 Å². The number of likely N-dealkylation sites (N-methyl/N-ethyl adjacent to an activating group) is 5. The number of imidazole rings is 4. The lowest BCUT2D eigenvalue weighted by molar-refractivity contribution is -0.138. The molecule has 11 aromatic rings. The van der Waals surface area contributed by atoms with Crippen LogP contribution >= 0.6 is 0 Å². The van der Waals surface area contributed by atoms with Crippen molar-refractivity contribution in [1.29, 1.82) is 0 Å². The Morgan fingerprint density at radius 2 is 1.04 bits per heavy atom. The summed E-state index contributed by atoms with van der Waals surface area (Å²) in [7, 11) is 24.3. The molecule has 4 aromatic carbocycles. The van der Waals surface area contributed by atoms with Crippen molar-refractivity contribution in [1.82, 2.24) is 92.1 Å². The minimum Gasteiger partial charge on any atom is -0.464 e.